The van der Waals surface area contributed by atoms with Gasteiger partial charge in [0.2, 0.25) is 0 Å². The maximum atomic E-state index is 6.77. The minimum absolute atomic E-state index is 0.121. The molecule has 104 valence electrons. The van der Waals surface area contributed by atoms with Crippen molar-refractivity contribution in [2.75, 3.05) is 0 Å². The molecule has 1 nitrogen and oxygen atoms in total. The van der Waals surface area contributed by atoms with Crippen LogP contribution in [0.25, 0.3) is 0 Å². The summed E-state index contributed by atoms with van der Waals surface area (Å²) in [6.07, 6.45) is 12.8. The number of unbranched alkanes of at least 4 members (excludes halogenated alkanes) is 3. The Balaban J connectivity index is 4.46. The standard InChI is InChI=1S/C16H35N/c1-5-9-12-15(8-4)16(17,13-10-6-2)14-11-7-3/h15H,5-14,17H2,1-4H3. The molecule has 1 atom stereocenters. The first-order valence-corrected chi connectivity index (χ1v) is 7.93. The van der Waals surface area contributed by atoms with Gasteiger partial charge in [-0.15, -0.1) is 0 Å². The minimum atomic E-state index is 0.121. The molecule has 0 heterocycles. The first-order chi connectivity index (χ1) is 8.14. The number of nitrogens with two attached hydrogens (primary N) is 1. The van der Waals surface area contributed by atoms with Crippen LogP contribution in [-0.4, -0.2) is 5.54 Å². The molecule has 1 unspecified atom stereocenters. The zero-order valence-corrected chi connectivity index (χ0v) is 12.7. The second-order valence-corrected chi connectivity index (χ2v) is 5.69. The fourth-order valence-electron chi connectivity index (χ4n) is 2.89. The molecule has 0 aliphatic heterocycles. The maximum absolute atomic E-state index is 6.77. The van der Waals surface area contributed by atoms with Crippen molar-refractivity contribution in [2.24, 2.45) is 11.7 Å². The molecule has 0 saturated carbocycles. The lowest BCUT2D eigenvalue weighted by Crippen LogP contribution is -2.47. The molecule has 0 aromatic carbocycles. The normalized spacial score (nSPS) is 13.9. The lowest BCUT2D eigenvalue weighted by Gasteiger charge is -2.38. The van der Waals surface area contributed by atoms with E-state index in [0.29, 0.717) is 0 Å². The number of hydrogen-bond acceptors (Lipinski definition) is 1. The summed E-state index contributed by atoms with van der Waals surface area (Å²) in [5.41, 5.74) is 6.89. The highest BCUT2D eigenvalue weighted by atomic mass is 14.8. The van der Waals surface area contributed by atoms with E-state index in [1.807, 2.05) is 0 Å². The first kappa shape index (κ1) is 17.0. The zero-order chi connectivity index (χ0) is 13.1. The van der Waals surface area contributed by atoms with Gasteiger partial charge in [-0.05, 0) is 25.2 Å². The molecular weight excluding hydrogens is 206 g/mol. The van der Waals surface area contributed by atoms with E-state index >= 15 is 0 Å². The summed E-state index contributed by atoms with van der Waals surface area (Å²) in [4.78, 5) is 0. The second-order valence-electron chi connectivity index (χ2n) is 5.69. The van der Waals surface area contributed by atoms with Crippen LogP contribution in [0.4, 0.5) is 0 Å². The molecule has 0 fully saturated rings. The average Bonchev–Trinajstić information content (AvgIpc) is 2.35. The Bertz CT molecular complexity index is 157. The van der Waals surface area contributed by atoms with Crippen molar-refractivity contribution in [2.45, 2.75) is 97.4 Å². The predicted octanol–water partition coefficient (Wildman–Crippen LogP) is 5.28. The van der Waals surface area contributed by atoms with Gasteiger partial charge in [-0.3, -0.25) is 0 Å². The molecule has 17 heavy (non-hydrogen) atoms. The Morgan fingerprint density at radius 2 is 1.29 bits per heavy atom. The minimum Gasteiger partial charge on any atom is -0.325 e. The largest absolute Gasteiger partial charge is 0.325 e. The molecule has 0 radical (unpaired) electrons. The van der Waals surface area contributed by atoms with Crippen LogP contribution in [-0.2, 0) is 0 Å². The van der Waals surface area contributed by atoms with Crippen LogP contribution >= 0.6 is 0 Å². The molecule has 0 bridgehead atoms. The van der Waals surface area contributed by atoms with E-state index < -0.39 is 0 Å². The number of rotatable bonds is 11. The van der Waals surface area contributed by atoms with E-state index in [1.54, 1.807) is 0 Å². The van der Waals surface area contributed by atoms with Crippen molar-refractivity contribution in [3.63, 3.8) is 0 Å². The highest BCUT2D eigenvalue weighted by Gasteiger charge is 2.31. The van der Waals surface area contributed by atoms with E-state index in [-0.39, 0.29) is 5.54 Å². The molecule has 2 N–H and O–H groups in total. The summed E-state index contributed by atoms with van der Waals surface area (Å²) in [6.45, 7) is 9.14. The van der Waals surface area contributed by atoms with Crippen molar-refractivity contribution in [1.29, 1.82) is 0 Å². The molecule has 1 heteroatoms. The van der Waals surface area contributed by atoms with Crippen molar-refractivity contribution in [3.05, 3.63) is 0 Å². The fourth-order valence-corrected chi connectivity index (χ4v) is 2.89. The molecular formula is C16H35N. The average molecular weight is 241 g/mol. The maximum Gasteiger partial charge on any atom is 0.0182 e. The fraction of sp³-hybridized carbons (Fsp3) is 1.00. The molecule has 0 rings (SSSR count). The second kappa shape index (κ2) is 9.94. The summed E-state index contributed by atoms with van der Waals surface area (Å²) in [7, 11) is 0. The van der Waals surface area contributed by atoms with Crippen molar-refractivity contribution < 1.29 is 0 Å². The summed E-state index contributed by atoms with van der Waals surface area (Å²) in [5.74, 6) is 0.737. The van der Waals surface area contributed by atoms with Gasteiger partial charge in [0.15, 0.2) is 0 Å². The van der Waals surface area contributed by atoms with Gasteiger partial charge >= 0.3 is 0 Å². The predicted molar refractivity (Wildman–Crippen MR) is 79.3 cm³/mol. The quantitative estimate of drug-likeness (QED) is 0.523. The zero-order valence-electron chi connectivity index (χ0n) is 12.7. The van der Waals surface area contributed by atoms with Gasteiger partial charge in [0.1, 0.15) is 0 Å². The monoisotopic (exact) mass is 241 g/mol. The molecule has 0 aliphatic carbocycles. The molecule has 0 saturated heterocycles. The van der Waals surface area contributed by atoms with Gasteiger partial charge in [0.05, 0.1) is 0 Å². The van der Waals surface area contributed by atoms with Crippen LogP contribution in [0.5, 0.6) is 0 Å². The third kappa shape index (κ3) is 6.45. The Morgan fingerprint density at radius 3 is 1.65 bits per heavy atom. The van der Waals surface area contributed by atoms with E-state index in [4.69, 9.17) is 5.73 Å². The molecule has 0 aliphatic rings. The van der Waals surface area contributed by atoms with Gasteiger partial charge in [0.25, 0.3) is 0 Å². The van der Waals surface area contributed by atoms with E-state index in [2.05, 4.69) is 27.7 Å². The van der Waals surface area contributed by atoms with Crippen LogP contribution < -0.4 is 5.73 Å². The van der Waals surface area contributed by atoms with E-state index in [1.165, 1.54) is 64.2 Å². The van der Waals surface area contributed by atoms with Crippen LogP contribution in [0.15, 0.2) is 0 Å². The topological polar surface area (TPSA) is 26.0 Å². The molecule has 0 aromatic heterocycles. The highest BCUT2D eigenvalue weighted by molar-refractivity contribution is 4.90. The van der Waals surface area contributed by atoms with E-state index in [9.17, 15) is 0 Å². The Labute approximate surface area is 110 Å². The summed E-state index contributed by atoms with van der Waals surface area (Å²) < 4.78 is 0. The Hall–Kier alpha value is -0.0400. The first-order valence-electron chi connectivity index (χ1n) is 7.93. The van der Waals surface area contributed by atoms with Gasteiger partial charge in [-0.1, -0.05) is 72.6 Å². The van der Waals surface area contributed by atoms with Gasteiger partial charge < -0.3 is 5.73 Å². The van der Waals surface area contributed by atoms with Crippen molar-refractivity contribution in [1.82, 2.24) is 0 Å². The van der Waals surface area contributed by atoms with Crippen LogP contribution in [0.3, 0.4) is 0 Å². The van der Waals surface area contributed by atoms with Crippen molar-refractivity contribution >= 4 is 0 Å². The van der Waals surface area contributed by atoms with Gasteiger partial charge in [-0.2, -0.15) is 0 Å². The summed E-state index contributed by atoms with van der Waals surface area (Å²) in [5, 5.41) is 0. The smallest absolute Gasteiger partial charge is 0.0182 e. The SMILES string of the molecule is CCCCC(CC)C(N)(CCCC)CCCC. The van der Waals surface area contributed by atoms with Crippen LogP contribution in [0.2, 0.25) is 0 Å². The van der Waals surface area contributed by atoms with Gasteiger partial charge in [-0.25, -0.2) is 0 Å². The highest BCUT2D eigenvalue weighted by Crippen LogP contribution is 2.32. The van der Waals surface area contributed by atoms with E-state index in [0.717, 1.165) is 5.92 Å². The van der Waals surface area contributed by atoms with Crippen LogP contribution in [0.1, 0.15) is 91.9 Å². The Morgan fingerprint density at radius 1 is 0.824 bits per heavy atom. The summed E-state index contributed by atoms with van der Waals surface area (Å²) in [6, 6.07) is 0. The van der Waals surface area contributed by atoms with Crippen molar-refractivity contribution in [3.8, 4) is 0 Å². The lowest BCUT2D eigenvalue weighted by atomic mass is 9.73. The molecule has 0 spiro atoms. The number of hydrogen-bond donors (Lipinski definition) is 1. The summed E-state index contributed by atoms with van der Waals surface area (Å²) >= 11 is 0. The lowest BCUT2D eigenvalue weighted by molar-refractivity contribution is 0.202. The van der Waals surface area contributed by atoms with Crippen LogP contribution in [0, 0.1) is 5.92 Å². The molecule has 0 amide bonds. The van der Waals surface area contributed by atoms with Gasteiger partial charge in [0, 0.05) is 5.54 Å². The Kier molecular flexibility index (Phi) is 9.91. The third-order valence-corrected chi connectivity index (χ3v) is 4.20. The molecule has 0 aromatic rings. The third-order valence-electron chi connectivity index (χ3n) is 4.20.